The molecule has 26 heavy (non-hydrogen) atoms. The number of rotatable bonds is 4. The summed E-state index contributed by atoms with van der Waals surface area (Å²) in [6, 6.07) is 15.2. The lowest BCUT2D eigenvalue weighted by Crippen LogP contribution is -2.44. The first-order valence-electron chi connectivity index (χ1n) is 9.31. The number of fused-ring (bicyclic) bond motifs is 2. The zero-order valence-corrected chi connectivity index (χ0v) is 16.4. The van der Waals surface area contributed by atoms with Crippen LogP contribution in [0.5, 0.6) is 5.75 Å². The number of nitrogens with zero attached hydrogens (tertiary/aromatic N) is 2. The lowest BCUT2D eigenvalue weighted by molar-refractivity contribution is 0.156. The fourth-order valence-corrected chi connectivity index (χ4v) is 4.80. The average molecular weight is 367 g/mol. The van der Waals surface area contributed by atoms with E-state index in [-0.39, 0.29) is 0 Å². The lowest BCUT2D eigenvalue weighted by atomic mass is 9.96. The first-order chi connectivity index (χ1) is 12.7. The SMILES string of the molecule is COc1ccc2c(c1)Sc1ccccc1/C2=C/CCN1CCN(C)CC1. The van der Waals surface area contributed by atoms with Crippen LogP contribution >= 0.6 is 11.8 Å². The Balaban J connectivity index is 1.58. The predicted octanol–water partition coefficient (Wildman–Crippen LogP) is 4.23. The van der Waals surface area contributed by atoms with Crippen molar-refractivity contribution in [2.45, 2.75) is 16.2 Å². The second kappa shape index (κ2) is 7.87. The molecule has 0 aliphatic carbocycles. The van der Waals surface area contributed by atoms with Crippen molar-refractivity contribution in [3.8, 4) is 5.75 Å². The number of piperazine rings is 1. The molecule has 4 heteroatoms. The summed E-state index contributed by atoms with van der Waals surface area (Å²) in [6.07, 6.45) is 3.52. The molecule has 0 N–H and O–H groups in total. The van der Waals surface area contributed by atoms with Crippen LogP contribution in [-0.4, -0.2) is 56.7 Å². The molecule has 1 saturated heterocycles. The molecule has 3 nitrogen and oxygen atoms in total. The van der Waals surface area contributed by atoms with Gasteiger partial charge in [0.1, 0.15) is 5.75 Å². The van der Waals surface area contributed by atoms with E-state index in [2.05, 4.69) is 65.4 Å². The zero-order chi connectivity index (χ0) is 17.9. The van der Waals surface area contributed by atoms with E-state index in [1.807, 2.05) is 11.8 Å². The van der Waals surface area contributed by atoms with E-state index in [1.54, 1.807) is 7.11 Å². The van der Waals surface area contributed by atoms with Crippen LogP contribution in [0.3, 0.4) is 0 Å². The molecule has 0 saturated carbocycles. The molecule has 2 aromatic rings. The summed E-state index contributed by atoms with van der Waals surface area (Å²) in [5, 5.41) is 0. The van der Waals surface area contributed by atoms with Gasteiger partial charge in [-0.2, -0.15) is 0 Å². The predicted molar refractivity (Wildman–Crippen MR) is 109 cm³/mol. The van der Waals surface area contributed by atoms with Gasteiger partial charge in [-0.3, -0.25) is 0 Å². The Labute approximate surface area is 160 Å². The summed E-state index contributed by atoms with van der Waals surface area (Å²) in [7, 11) is 3.94. The highest BCUT2D eigenvalue weighted by molar-refractivity contribution is 7.99. The number of hydrogen-bond donors (Lipinski definition) is 0. The normalized spacial score (nSPS) is 19.2. The van der Waals surface area contributed by atoms with Crippen molar-refractivity contribution in [1.29, 1.82) is 0 Å². The molecule has 2 heterocycles. The van der Waals surface area contributed by atoms with Crippen molar-refractivity contribution in [2.24, 2.45) is 0 Å². The Kier molecular flexibility index (Phi) is 5.34. The summed E-state index contributed by atoms with van der Waals surface area (Å²) in [5.74, 6) is 0.924. The van der Waals surface area contributed by atoms with E-state index in [1.165, 1.54) is 52.7 Å². The van der Waals surface area contributed by atoms with Crippen LogP contribution in [-0.2, 0) is 0 Å². The zero-order valence-electron chi connectivity index (χ0n) is 15.6. The molecule has 2 aliphatic rings. The highest BCUT2D eigenvalue weighted by Gasteiger charge is 2.21. The first kappa shape index (κ1) is 17.7. The third kappa shape index (κ3) is 3.68. The molecule has 0 aromatic heterocycles. The van der Waals surface area contributed by atoms with Gasteiger partial charge in [0.05, 0.1) is 7.11 Å². The first-order valence-corrected chi connectivity index (χ1v) is 10.1. The summed E-state index contributed by atoms with van der Waals surface area (Å²) < 4.78 is 5.43. The molecule has 136 valence electrons. The number of hydrogen-bond acceptors (Lipinski definition) is 4. The minimum Gasteiger partial charge on any atom is -0.497 e. The Morgan fingerprint density at radius 3 is 2.58 bits per heavy atom. The second-order valence-corrected chi connectivity index (χ2v) is 8.10. The number of likely N-dealkylation sites (N-methyl/N-ethyl adjacent to an activating group) is 1. The van der Waals surface area contributed by atoms with Gasteiger partial charge in [0.2, 0.25) is 0 Å². The largest absolute Gasteiger partial charge is 0.497 e. The topological polar surface area (TPSA) is 15.7 Å². The van der Waals surface area contributed by atoms with Gasteiger partial charge in [-0.1, -0.05) is 36.0 Å². The molecule has 0 amide bonds. The Hall–Kier alpha value is -1.75. The molecule has 0 atom stereocenters. The van der Waals surface area contributed by atoms with E-state index in [4.69, 9.17) is 4.74 Å². The maximum Gasteiger partial charge on any atom is 0.120 e. The minimum atomic E-state index is 0.924. The highest BCUT2D eigenvalue weighted by atomic mass is 32.2. The molecule has 0 radical (unpaired) electrons. The quantitative estimate of drug-likeness (QED) is 0.686. The molecular formula is C22H26N2OS. The van der Waals surface area contributed by atoms with Crippen molar-refractivity contribution < 1.29 is 4.74 Å². The average Bonchev–Trinajstić information content (AvgIpc) is 2.68. The maximum absolute atomic E-state index is 5.43. The van der Waals surface area contributed by atoms with Gasteiger partial charge in [-0.15, -0.1) is 0 Å². The maximum atomic E-state index is 5.43. The van der Waals surface area contributed by atoms with E-state index < -0.39 is 0 Å². The molecule has 2 aromatic carbocycles. The monoisotopic (exact) mass is 366 g/mol. The van der Waals surface area contributed by atoms with Crippen LogP contribution in [0.2, 0.25) is 0 Å². The summed E-state index contributed by atoms with van der Waals surface area (Å²) >= 11 is 1.84. The third-order valence-corrected chi connectivity index (χ3v) is 6.40. The number of methoxy groups -OCH3 is 1. The van der Waals surface area contributed by atoms with Gasteiger partial charge in [0.15, 0.2) is 0 Å². The van der Waals surface area contributed by atoms with Crippen LogP contribution < -0.4 is 4.74 Å². The Morgan fingerprint density at radius 2 is 1.77 bits per heavy atom. The summed E-state index contributed by atoms with van der Waals surface area (Å²) in [4.78, 5) is 7.61. The third-order valence-electron chi connectivity index (χ3n) is 5.27. The molecule has 1 fully saturated rings. The molecule has 2 aliphatic heterocycles. The molecule has 0 unspecified atom stereocenters. The van der Waals surface area contributed by atoms with Crippen molar-refractivity contribution in [3.63, 3.8) is 0 Å². The second-order valence-electron chi connectivity index (χ2n) is 7.01. The summed E-state index contributed by atoms with van der Waals surface area (Å²) in [6.45, 7) is 5.86. The Morgan fingerprint density at radius 1 is 1.00 bits per heavy atom. The van der Waals surface area contributed by atoms with Gasteiger partial charge in [-0.25, -0.2) is 0 Å². The fourth-order valence-electron chi connectivity index (χ4n) is 3.66. The van der Waals surface area contributed by atoms with Gasteiger partial charge >= 0.3 is 0 Å². The van der Waals surface area contributed by atoms with Gasteiger partial charge in [-0.05, 0) is 54.4 Å². The van der Waals surface area contributed by atoms with E-state index in [0.29, 0.717) is 0 Å². The lowest BCUT2D eigenvalue weighted by Gasteiger charge is -2.32. The smallest absolute Gasteiger partial charge is 0.120 e. The van der Waals surface area contributed by atoms with Crippen LogP contribution in [0.4, 0.5) is 0 Å². The van der Waals surface area contributed by atoms with Crippen LogP contribution in [0.15, 0.2) is 58.3 Å². The van der Waals surface area contributed by atoms with Crippen molar-refractivity contribution in [2.75, 3.05) is 46.9 Å². The van der Waals surface area contributed by atoms with Crippen molar-refractivity contribution in [3.05, 3.63) is 59.7 Å². The molecular weight excluding hydrogens is 340 g/mol. The number of ether oxygens (including phenoxy) is 1. The molecule has 0 spiro atoms. The van der Waals surface area contributed by atoms with E-state index in [0.717, 1.165) is 18.7 Å². The minimum absolute atomic E-state index is 0.924. The Bertz CT molecular complexity index is 810. The van der Waals surface area contributed by atoms with E-state index in [9.17, 15) is 0 Å². The van der Waals surface area contributed by atoms with Crippen LogP contribution in [0.1, 0.15) is 17.5 Å². The van der Waals surface area contributed by atoms with Gasteiger partial charge in [0, 0.05) is 42.5 Å². The fraction of sp³-hybridized carbons (Fsp3) is 0.364. The molecule has 0 bridgehead atoms. The molecule has 4 rings (SSSR count). The van der Waals surface area contributed by atoms with Crippen molar-refractivity contribution in [1.82, 2.24) is 9.80 Å². The van der Waals surface area contributed by atoms with E-state index >= 15 is 0 Å². The highest BCUT2D eigenvalue weighted by Crippen LogP contribution is 2.46. The summed E-state index contributed by atoms with van der Waals surface area (Å²) in [5.41, 5.74) is 4.05. The number of benzene rings is 2. The van der Waals surface area contributed by atoms with Crippen LogP contribution in [0, 0.1) is 0 Å². The van der Waals surface area contributed by atoms with Gasteiger partial charge < -0.3 is 14.5 Å². The van der Waals surface area contributed by atoms with Gasteiger partial charge in [0.25, 0.3) is 0 Å². The van der Waals surface area contributed by atoms with Crippen molar-refractivity contribution >= 4 is 17.3 Å². The van der Waals surface area contributed by atoms with Crippen LogP contribution in [0.25, 0.3) is 5.57 Å². The standard InChI is InChI=1S/C22H26N2OS/c1-23-12-14-24(15-13-23)11-5-7-18-19-6-3-4-8-21(19)26-22-16-17(25-2)9-10-20(18)22/h3-4,6-10,16H,5,11-15H2,1-2H3/b18-7-.